The third-order valence-electron chi connectivity index (χ3n) is 4.28. The summed E-state index contributed by atoms with van der Waals surface area (Å²) in [5, 5.41) is 3.54. The molecule has 0 radical (unpaired) electrons. The van der Waals surface area contributed by atoms with Crippen molar-refractivity contribution >= 4 is 17.4 Å². The van der Waals surface area contributed by atoms with Crippen LogP contribution in [0.2, 0.25) is 26.2 Å². The average molecular weight is 332 g/mol. The predicted molar refractivity (Wildman–Crippen MR) is 98.9 cm³/mol. The maximum Gasteiger partial charge on any atom is 0.191 e. The molecule has 1 aliphatic heterocycles. The van der Waals surface area contributed by atoms with Gasteiger partial charge >= 0.3 is 0 Å². The third kappa shape index (κ3) is 7.87. The van der Waals surface area contributed by atoms with Crippen molar-refractivity contribution in [2.75, 3.05) is 66.5 Å². The Morgan fingerprint density at radius 1 is 0.857 bits per heavy atom. The van der Waals surface area contributed by atoms with Crippen molar-refractivity contribution in [1.82, 2.24) is 24.3 Å². The van der Waals surface area contributed by atoms with Crippen LogP contribution in [0.3, 0.4) is 0 Å². The molecular weight excluding hydrogens is 294 g/mol. The first-order valence-corrected chi connectivity index (χ1v) is 14.2. The second kappa shape index (κ2) is 9.39. The summed E-state index contributed by atoms with van der Waals surface area (Å²) >= 11 is 0. The summed E-state index contributed by atoms with van der Waals surface area (Å²) in [5.74, 6) is 0. The van der Waals surface area contributed by atoms with Crippen LogP contribution < -0.4 is 9.96 Å². The van der Waals surface area contributed by atoms with E-state index in [1.54, 1.807) is 0 Å². The fourth-order valence-electron chi connectivity index (χ4n) is 2.94. The Kier molecular flexibility index (Phi) is 8.62. The molecule has 1 fully saturated rings. The van der Waals surface area contributed by atoms with Crippen LogP contribution in [0.15, 0.2) is 0 Å². The molecule has 5 nitrogen and oxygen atoms in total. The van der Waals surface area contributed by atoms with Crippen LogP contribution in [0.25, 0.3) is 0 Å². The monoisotopic (exact) mass is 331 g/mol. The van der Waals surface area contributed by atoms with E-state index in [0.717, 1.165) is 26.2 Å². The van der Waals surface area contributed by atoms with Crippen LogP contribution in [0, 0.1) is 0 Å². The van der Waals surface area contributed by atoms with Gasteiger partial charge in [0.05, 0.1) is 8.96 Å². The Hall–Kier alpha value is 0.234. The minimum Gasteiger partial charge on any atom is -0.350 e. The number of nitrogens with zero attached hydrogens (tertiary/aromatic N) is 3. The van der Waals surface area contributed by atoms with E-state index in [2.05, 4.69) is 64.6 Å². The first-order valence-electron chi connectivity index (χ1n) is 8.42. The van der Waals surface area contributed by atoms with Crippen LogP contribution in [-0.2, 0) is 0 Å². The van der Waals surface area contributed by atoms with E-state index in [1.807, 2.05) is 0 Å². The van der Waals surface area contributed by atoms with Gasteiger partial charge in [-0.3, -0.25) is 0 Å². The van der Waals surface area contributed by atoms with Crippen molar-refractivity contribution in [2.24, 2.45) is 0 Å². The van der Waals surface area contributed by atoms with Gasteiger partial charge in [-0.15, -0.1) is 0 Å². The van der Waals surface area contributed by atoms with E-state index in [-0.39, 0.29) is 0 Å². The fraction of sp³-hybridized carbons (Fsp3) is 1.00. The zero-order chi connectivity index (χ0) is 15.9. The van der Waals surface area contributed by atoms with Gasteiger partial charge in [0.25, 0.3) is 0 Å². The minimum absolute atomic E-state index is 0.727. The number of nitrogens with one attached hydrogen (secondary N) is 2. The standard InChI is InChI=1S/C14H37N5Si2/c1-17-9-7-15-8-10-18(2)12-14-19(13-11-17)21(5,6)16-20(3)4/h15-16,20H,7-14H2,1-6H3. The first kappa shape index (κ1) is 19.3. The van der Waals surface area contributed by atoms with Gasteiger partial charge in [0, 0.05) is 52.4 Å². The normalized spacial score (nSPS) is 23.0. The second-order valence-corrected chi connectivity index (χ2v) is 14.4. The summed E-state index contributed by atoms with van der Waals surface area (Å²) in [6.45, 7) is 19.0. The predicted octanol–water partition coefficient (Wildman–Crippen LogP) is 0.0300. The molecule has 1 saturated heterocycles. The van der Waals surface area contributed by atoms with Gasteiger partial charge in [-0.25, -0.2) is 0 Å². The summed E-state index contributed by atoms with van der Waals surface area (Å²) in [7, 11) is 2.30. The highest BCUT2D eigenvalue weighted by Crippen LogP contribution is 2.08. The van der Waals surface area contributed by atoms with Crippen LogP contribution >= 0.6 is 0 Å². The molecule has 1 aliphatic rings. The van der Waals surface area contributed by atoms with Crippen molar-refractivity contribution in [3.8, 4) is 0 Å². The summed E-state index contributed by atoms with van der Waals surface area (Å²) in [5.41, 5.74) is 0. The Balaban J connectivity index is 2.67. The number of hydrogen-bond donors (Lipinski definition) is 2. The highest BCUT2D eigenvalue weighted by molar-refractivity contribution is 6.81. The van der Waals surface area contributed by atoms with E-state index in [4.69, 9.17) is 0 Å². The lowest BCUT2D eigenvalue weighted by Crippen LogP contribution is -2.65. The third-order valence-corrected chi connectivity index (χ3v) is 11.4. The topological polar surface area (TPSA) is 33.8 Å². The van der Waals surface area contributed by atoms with Crippen LogP contribution in [-0.4, -0.2) is 98.2 Å². The van der Waals surface area contributed by atoms with E-state index in [1.165, 1.54) is 26.2 Å². The molecule has 21 heavy (non-hydrogen) atoms. The molecule has 0 spiro atoms. The molecule has 0 bridgehead atoms. The van der Waals surface area contributed by atoms with Crippen molar-refractivity contribution in [3.05, 3.63) is 0 Å². The Morgan fingerprint density at radius 2 is 1.33 bits per heavy atom. The zero-order valence-electron chi connectivity index (χ0n) is 15.1. The number of rotatable bonds is 3. The summed E-state index contributed by atoms with van der Waals surface area (Å²) in [4.78, 5) is 4.92. The van der Waals surface area contributed by atoms with Gasteiger partial charge in [-0.1, -0.05) is 13.1 Å². The molecule has 2 N–H and O–H groups in total. The highest BCUT2D eigenvalue weighted by Gasteiger charge is 2.30. The Morgan fingerprint density at radius 3 is 1.76 bits per heavy atom. The van der Waals surface area contributed by atoms with E-state index < -0.39 is 17.4 Å². The van der Waals surface area contributed by atoms with Crippen LogP contribution in [0.4, 0.5) is 0 Å². The SMILES string of the molecule is CN1CCNCCN(C)CCN([Si](C)(C)N[SiH](C)C)CC1. The average Bonchev–Trinajstić information content (AvgIpc) is 2.34. The maximum atomic E-state index is 3.98. The summed E-state index contributed by atoms with van der Waals surface area (Å²) in [6, 6.07) is 0. The molecular formula is C14H37N5Si2. The van der Waals surface area contributed by atoms with E-state index >= 15 is 0 Å². The molecule has 126 valence electrons. The lowest BCUT2D eigenvalue weighted by atomic mass is 10.4. The van der Waals surface area contributed by atoms with Crippen molar-refractivity contribution in [2.45, 2.75) is 26.2 Å². The Labute approximate surface area is 134 Å². The molecule has 0 atom stereocenters. The Bertz CT molecular complexity index is 273. The lowest BCUT2D eigenvalue weighted by molar-refractivity contribution is 0.245. The fourth-order valence-corrected chi connectivity index (χ4v) is 10.6. The van der Waals surface area contributed by atoms with Gasteiger partial charge < -0.3 is 24.3 Å². The van der Waals surface area contributed by atoms with Gasteiger partial charge in [-0.05, 0) is 27.2 Å². The quantitative estimate of drug-likeness (QED) is 0.713. The zero-order valence-corrected chi connectivity index (χ0v) is 17.2. The maximum absolute atomic E-state index is 3.98. The molecule has 1 heterocycles. The second-order valence-electron chi connectivity index (χ2n) is 7.20. The van der Waals surface area contributed by atoms with Gasteiger partial charge in [0.15, 0.2) is 8.40 Å². The minimum atomic E-state index is -1.47. The molecule has 0 aromatic rings. The lowest BCUT2D eigenvalue weighted by Gasteiger charge is -2.40. The van der Waals surface area contributed by atoms with Crippen LogP contribution in [0.1, 0.15) is 0 Å². The highest BCUT2D eigenvalue weighted by atomic mass is 28.4. The molecule has 7 heteroatoms. The smallest absolute Gasteiger partial charge is 0.191 e. The number of hydrogen-bond acceptors (Lipinski definition) is 5. The summed E-state index contributed by atoms with van der Waals surface area (Å²) in [6.07, 6.45) is 0. The molecule has 0 saturated carbocycles. The molecule has 0 unspecified atom stereocenters. The van der Waals surface area contributed by atoms with Gasteiger partial charge in [0.1, 0.15) is 0 Å². The van der Waals surface area contributed by atoms with Gasteiger partial charge in [0.2, 0.25) is 0 Å². The largest absolute Gasteiger partial charge is 0.350 e. The van der Waals surface area contributed by atoms with E-state index in [0.29, 0.717) is 0 Å². The molecule has 0 aliphatic carbocycles. The summed E-state index contributed by atoms with van der Waals surface area (Å²) < 4.78 is 6.75. The first-order chi connectivity index (χ1) is 9.81. The van der Waals surface area contributed by atoms with Crippen LogP contribution in [0.5, 0.6) is 0 Å². The number of likely N-dealkylation sites (N-methyl/N-ethyl adjacent to an activating group) is 2. The molecule has 0 aromatic heterocycles. The van der Waals surface area contributed by atoms with E-state index in [9.17, 15) is 0 Å². The van der Waals surface area contributed by atoms with Crippen molar-refractivity contribution in [3.63, 3.8) is 0 Å². The molecule has 0 amide bonds. The van der Waals surface area contributed by atoms with Crippen molar-refractivity contribution < 1.29 is 0 Å². The molecule has 0 aromatic carbocycles. The van der Waals surface area contributed by atoms with Gasteiger partial charge in [-0.2, -0.15) is 0 Å². The molecule has 1 rings (SSSR count). The van der Waals surface area contributed by atoms with Crippen molar-refractivity contribution in [1.29, 1.82) is 0 Å².